The van der Waals surface area contributed by atoms with Gasteiger partial charge in [-0.15, -0.1) is 0 Å². The predicted octanol–water partition coefficient (Wildman–Crippen LogP) is 2.42. The first-order valence-electron chi connectivity index (χ1n) is 6.82. The van der Waals surface area contributed by atoms with Crippen molar-refractivity contribution in [3.63, 3.8) is 0 Å². The Labute approximate surface area is 118 Å². The lowest BCUT2D eigenvalue weighted by Gasteiger charge is -2.19. The molecule has 2 heterocycles. The molecule has 2 fully saturated rings. The molecule has 2 aliphatic rings. The predicted molar refractivity (Wildman–Crippen MR) is 66.3 cm³/mol. The number of aromatic nitrogens is 2. The van der Waals surface area contributed by atoms with E-state index in [0.29, 0.717) is 17.7 Å². The molecule has 114 valence electrons. The third-order valence-corrected chi connectivity index (χ3v) is 4.25. The molecule has 1 saturated heterocycles. The van der Waals surface area contributed by atoms with Crippen LogP contribution in [0.4, 0.5) is 18.9 Å². The minimum Gasteiger partial charge on any atom is -0.280 e. The maximum atomic E-state index is 13.0. The van der Waals surface area contributed by atoms with E-state index in [1.165, 1.54) is 6.92 Å². The largest absolute Gasteiger partial charge is 0.437 e. The van der Waals surface area contributed by atoms with Crippen molar-refractivity contribution >= 4 is 17.5 Å². The molecule has 1 aliphatic carbocycles. The second-order valence-electron chi connectivity index (χ2n) is 5.55. The van der Waals surface area contributed by atoms with Crippen LogP contribution in [0.25, 0.3) is 0 Å². The summed E-state index contributed by atoms with van der Waals surface area (Å²) >= 11 is 0. The monoisotopic (exact) mass is 301 g/mol. The van der Waals surface area contributed by atoms with Gasteiger partial charge in [-0.3, -0.25) is 14.7 Å². The molecule has 5 nitrogen and oxygen atoms in total. The van der Waals surface area contributed by atoms with Crippen LogP contribution in [-0.4, -0.2) is 22.0 Å². The maximum Gasteiger partial charge on any atom is 0.437 e. The van der Waals surface area contributed by atoms with Gasteiger partial charge in [0, 0.05) is 0 Å². The van der Waals surface area contributed by atoms with Gasteiger partial charge in [-0.2, -0.15) is 18.3 Å². The number of halogens is 3. The molecule has 3 rings (SSSR count). The van der Waals surface area contributed by atoms with Crippen molar-refractivity contribution in [3.05, 3.63) is 11.4 Å². The number of fused-ring (bicyclic) bond motifs is 1. The van der Waals surface area contributed by atoms with Crippen LogP contribution >= 0.6 is 0 Å². The zero-order valence-corrected chi connectivity index (χ0v) is 11.3. The van der Waals surface area contributed by atoms with Gasteiger partial charge in [0.2, 0.25) is 11.8 Å². The number of imide groups is 1. The second-order valence-corrected chi connectivity index (χ2v) is 5.55. The molecule has 0 radical (unpaired) electrons. The number of alkyl halides is 3. The van der Waals surface area contributed by atoms with Crippen LogP contribution in [-0.2, 0) is 15.8 Å². The number of nitrogens with one attached hydrogen (secondary N) is 1. The number of aryl methyl sites for hydroxylation is 1. The SMILES string of the molecule is Cc1[nH]nc(C(F)(F)F)c1N1C(=O)C2CCCCC2C1=O. The van der Waals surface area contributed by atoms with Gasteiger partial charge in [0.1, 0.15) is 5.69 Å². The van der Waals surface area contributed by atoms with Crippen LogP contribution in [0, 0.1) is 18.8 Å². The highest BCUT2D eigenvalue weighted by atomic mass is 19.4. The van der Waals surface area contributed by atoms with Gasteiger partial charge in [-0.1, -0.05) is 12.8 Å². The Morgan fingerprint density at radius 2 is 1.67 bits per heavy atom. The van der Waals surface area contributed by atoms with E-state index in [0.717, 1.165) is 12.8 Å². The molecular formula is C13H14F3N3O2. The Kier molecular flexibility index (Phi) is 3.07. The lowest BCUT2D eigenvalue weighted by molar-refractivity contribution is -0.140. The van der Waals surface area contributed by atoms with Crippen molar-refractivity contribution in [1.29, 1.82) is 0 Å². The Balaban J connectivity index is 2.07. The summed E-state index contributed by atoms with van der Waals surface area (Å²) in [5, 5.41) is 5.45. The van der Waals surface area contributed by atoms with E-state index in [4.69, 9.17) is 0 Å². The van der Waals surface area contributed by atoms with Crippen molar-refractivity contribution in [1.82, 2.24) is 10.2 Å². The highest BCUT2D eigenvalue weighted by Gasteiger charge is 2.52. The van der Waals surface area contributed by atoms with Crippen molar-refractivity contribution < 1.29 is 22.8 Å². The number of amides is 2. The summed E-state index contributed by atoms with van der Waals surface area (Å²) in [7, 11) is 0. The molecule has 1 aromatic rings. The number of anilines is 1. The number of H-pyrrole nitrogens is 1. The minimum absolute atomic E-state index is 0.0719. The fourth-order valence-electron chi connectivity index (χ4n) is 3.28. The molecule has 1 aliphatic heterocycles. The number of nitrogens with zero attached hydrogens (tertiary/aromatic N) is 2. The normalized spacial score (nSPS) is 26.4. The van der Waals surface area contributed by atoms with Gasteiger partial charge in [0.15, 0.2) is 5.69 Å². The average molecular weight is 301 g/mol. The van der Waals surface area contributed by atoms with E-state index in [2.05, 4.69) is 10.2 Å². The quantitative estimate of drug-likeness (QED) is 0.810. The van der Waals surface area contributed by atoms with Crippen LogP contribution in [0.15, 0.2) is 0 Å². The summed E-state index contributed by atoms with van der Waals surface area (Å²) in [4.78, 5) is 25.4. The van der Waals surface area contributed by atoms with Gasteiger partial charge in [0.05, 0.1) is 17.5 Å². The number of aromatic amines is 1. The first-order valence-corrected chi connectivity index (χ1v) is 6.82. The Morgan fingerprint density at radius 3 is 2.14 bits per heavy atom. The minimum atomic E-state index is -4.71. The van der Waals surface area contributed by atoms with Crippen LogP contribution in [0.2, 0.25) is 0 Å². The molecule has 2 unspecified atom stereocenters. The van der Waals surface area contributed by atoms with Crippen molar-refractivity contribution in [2.75, 3.05) is 4.90 Å². The number of hydrogen-bond acceptors (Lipinski definition) is 3. The summed E-state index contributed by atoms with van der Waals surface area (Å²) in [6.45, 7) is 1.38. The maximum absolute atomic E-state index is 13.0. The van der Waals surface area contributed by atoms with E-state index < -0.39 is 41.2 Å². The molecule has 21 heavy (non-hydrogen) atoms. The van der Waals surface area contributed by atoms with Gasteiger partial charge < -0.3 is 0 Å². The first kappa shape index (κ1) is 14.1. The molecule has 2 amide bonds. The van der Waals surface area contributed by atoms with E-state index in [-0.39, 0.29) is 5.69 Å². The second kappa shape index (κ2) is 4.57. The molecule has 0 bridgehead atoms. The molecular weight excluding hydrogens is 287 g/mol. The van der Waals surface area contributed by atoms with Crippen LogP contribution < -0.4 is 4.90 Å². The molecule has 1 aromatic heterocycles. The van der Waals surface area contributed by atoms with Gasteiger partial charge in [-0.05, 0) is 19.8 Å². The lowest BCUT2D eigenvalue weighted by Crippen LogP contribution is -2.33. The molecule has 8 heteroatoms. The number of rotatable bonds is 1. The fraction of sp³-hybridized carbons (Fsp3) is 0.615. The van der Waals surface area contributed by atoms with Gasteiger partial charge in [-0.25, -0.2) is 4.90 Å². The first-order chi connectivity index (χ1) is 9.82. The molecule has 1 N–H and O–H groups in total. The van der Waals surface area contributed by atoms with Crippen molar-refractivity contribution in [2.45, 2.75) is 38.8 Å². The van der Waals surface area contributed by atoms with E-state index >= 15 is 0 Å². The van der Waals surface area contributed by atoms with Crippen LogP contribution in [0.5, 0.6) is 0 Å². The summed E-state index contributed by atoms with van der Waals surface area (Å²) < 4.78 is 39.0. The van der Waals surface area contributed by atoms with Crippen molar-refractivity contribution in [2.24, 2.45) is 11.8 Å². The third kappa shape index (κ3) is 2.04. The molecule has 0 spiro atoms. The average Bonchev–Trinajstić information content (AvgIpc) is 2.90. The highest BCUT2D eigenvalue weighted by molar-refractivity contribution is 6.22. The molecule has 2 atom stereocenters. The third-order valence-electron chi connectivity index (χ3n) is 4.25. The Morgan fingerprint density at radius 1 is 1.14 bits per heavy atom. The standard InChI is InChI=1S/C13H14F3N3O2/c1-6-9(10(18-17-6)13(14,15)16)19-11(20)7-4-2-3-5-8(7)12(19)21/h7-8H,2-5H2,1H3,(H,17,18). The summed E-state index contributed by atoms with van der Waals surface area (Å²) in [5.74, 6) is -2.03. The Bertz CT molecular complexity index is 584. The number of carbonyl (C=O) groups excluding carboxylic acids is 2. The summed E-state index contributed by atoms with van der Waals surface area (Å²) in [6.07, 6.45) is -1.95. The Hall–Kier alpha value is -1.86. The van der Waals surface area contributed by atoms with E-state index in [9.17, 15) is 22.8 Å². The van der Waals surface area contributed by atoms with E-state index in [1.807, 2.05) is 0 Å². The van der Waals surface area contributed by atoms with Crippen LogP contribution in [0.3, 0.4) is 0 Å². The number of hydrogen-bond donors (Lipinski definition) is 1. The number of carbonyl (C=O) groups is 2. The lowest BCUT2D eigenvalue weighted by atomic mass is 9.81. The van der Waals surface area contributed by atoms with E-state index in [1.54, 1.807) is 0 Å². The van der Waals surface area contributed by atoms with Crippen LogP contribution in [0.1, 0.15) is 37.1 Å². The smallest absolute Gasteiger partial charge is 0.280 e. The summed E-state index contributed by atoms with van der Waals surface area (Å²) in [6, 6.07) is 0. The molecule has 1 saturated carbocycles. The van der Waals surface area contributed by atoms with Gasteiger partial charge >= 0.3 is 6.18 Å². The topological polar surface area (TPSA) is 66.1 Å². The fourth-order valence-corrected chi connectivity index (χ4v) is 3.28. The molecule has 0 aromatic carbocycles. The van der Waals surface area contributed by atoms with Gasteiger partial charge in [0.25, 0.3) is 0 Å². The van der Waals surface area contributed by atoms with Crippen molar-refractivity contribution in [3.8, 4) is 0 Å². The highest BCUT2D eigenvalue weighted by Crippen LogP contribution is 2.44. The zero-order chi connectivity index (χ0) is 15.4. The summed E-state index contributed by atoms with van der Waals surface area (Å²) in [5.41, 5.74) is -1.57. The zero-order valence-electron chi connectivity index (χ0n) is 11.3.